The molecule has 0 spiro atoms. The number of aromatic amines is 1. The smallest absolute Gasteiger partial charge is 0.285 e. The minimum atomic E-state index is -0.319. The van der Waals surface area contributed by atoms with Crippen LogP contribution < -0.4 is 16.2 Å². The summed E-state index contributed by atoms with van der Waals surface area (Å²) >= 11 is 6.05. The fraction of sp³-hybridized carbons (Fsp3) is 0.667. The summed E-state index contributed by atoms with van der Waals surface area (Å²) in [6, 6.07) is 0.332. The average Bonchev–Trinajstić information content (AvgIpc) is 2.75. The van der Waals surface area contributed by atoms with E-state index in [1.165, 1.54) is 6.42 Å². The van der Waals surface area contributed by atoms with Crippen molar-refractivity contribution < 1.29 is 0 Å². The standard InChI is InChI=1S/C12H17ClN4O/c13-11-10(4-15-16-12(11)18)17-5-7-1-2-9(14)3-8(7)6-17/h4,7-9H,1-3,5-6,14H2,(H,16,18)/t7-,8+,9?/m1/s1. The summed E-state index contributed by atoms with van der Waals surface area (Å²) in [6.07, 6.45) is 5.00. The molecule has 98 valence electrons. The van der Waals surface area contributed by atoms with Crippen molar-refractivity contribution in [3.63, 3.8) is 0 Å². The predicted octanol–water partition coefficient (Wildman–Crippen LogP) is 0.987. The zero-order chi connectivity index (χ0) is 12.7. The molecule has 5 nitrogen and oxygen atoms in total. The van der Waals surface area contributed by atoms with Gasteiger partial charge in [0, 0.05) is 19.1 Å². The molecule has 3 N–H and O–H groups in total. The van der Waals surface area contributed by atoms with Crippen LogP contribution in [-0.4, -0.2) is 29.3 Å². The summed E-state index contributed by atoms with van der Waals surface area (Å²) in [5.74, 6) is 1.31. The number of fused-ring (bicyclic) bond motifs is 1. The third-order valence-corrected chi connectivity index (χ3v) is 4.57. The van der Waals surface area contributed by atoms with Gasteiger partial charge in [-0.15, -0.1) is 0 Å². The van der Waals surface area contributed by atoms with Gasteiger partial charge < -0.3 is 10.6 Å². The largest absolute Gasteiger partial charge is 0.368 e. The topological polar surface area (TPSA) is 75.0 Å². The second-order valence-corrected chi connectivity index (χ2v) is 5.77. The van der Waals surface area contributed by atoms with Crippen LogP contribution in [0, 0.1) is 11.8 Å². The van der Waals surface area contributed by atoms with Crippen molar-refractivity contribution in [2.24, 2.45) is 17.6 Å². The third-order valence-electron chi connectivity index (χ3n) is 4.21. The molecule has 18 heavy (non-hydrogen) atoms. The maximum atomic E-state index is 11.5. The predicted molar refractivity (Wildman–Crippen MR) is 70.9 cm³/mol. The van der Waals surface area contributed by atoms with Crippen LogP contribution in [0.15, 0.2) is 11.0 Å². The molecule has 1 aromatic heterocycles. The van der Waals surface area contributed by atoms with Crippen LogP contribution in [0.3, 0.4) is 0 Å². The summed E-state index contributed by atoms with van der Waals surface area (Å²) < 4.78 is 0. The van der Waals surface area contributed by atoms with Gasteiger partial charge in [0.05, 0.1) is 11.9 Å². The van der Waals surface area contributed by atoms with E-state index in [4.69, 9.17) is 17.3 Å². The number of hydrogen-bond acceptors (Lipinski definition) is 4. The van der Waals surface area contributed by atoms with E-state index in [9.17, 15) is 4.79 Å². The molecule has 0 bridgehead atoms. The lowest BCUT2D eigenvalue weighted by molar-refractivity contribution is 0.271. The first kappa shape index (κ1) is 12.0. The van der Waals surface area contributed by atoms with Gasteiger partial charge in [-0.2, -0.15) is 5.10 Å². The summed E-state index contributed by atoms with van der Waals surface area (Å²) in [5.41, 5.74) is 6.45. The van der Waals surface area contributed by atoms with Gasteiger partial charge in [-0.1, -0.05) is 11.6 Å². The summed E-state index contributed by atoms with van der Waals surface area (Å²) in [7, 11) is 0. The van der Waals surface area contributed by atoms with Crippen LogP contribution in [0.5, 0.6) is 0 Å². The molecule has 0 radical (unpaired) electrons. The Bertz CT molecular complexity index is 503. The second kappa shape index (κ2) is 4.55. The number of H-pyrrole nitrogens is 1. The van der Waals surface area contributed by atoms with Crippen LogP contribution in [0.2, 0.25) is 5.02 Å². The zero-order valence-electron chi connectivity index (χ0n) is 10.1. The minimum absolute atomic E-state index is 0.243. The molecule has 0 aromatic carbocycles. The molecule has 1 aliphatic carbocycles. The van der Waals surface area contributed by atoms with Crippen LogP contribution in [0.4, 0.5) is 5.69 Å². The fourth-order valence-electron chi connectivity index (χ4n) is 3.26. The van der Waals surface area contributed by atoms with E-state index in [2.05, 4.69) is 15.1 Å². The number of aromatic nitrogens is 2. The Hall–Kier alpha value is -1.07. The first-order valence-corrected chi connectivity index (χ1v) is 6.76. The van der Waals surface area contributed by atoms with Gasteiger partial charge in [-0.05, 0) is 31.1 Å². The van der Waals surface area contributed by atoms with E-state index in [0.29, 0.717) is 17.9 Å². The summed E-state index contributed by atoms with van der Waals surface area (Å²) in [6.45, 7) is 1.89. The number of nitrogens with two attached hydrogens (primary N) is 1. The lowest BCUT2D eigenvalue weighted by atomic mass is 9.79. The molecule has 2 heterocycles. The van der Waals surface area contributed by atoms with Crippen LogP contribution in [-0.2, 0) is 0 Å². The van der Waals surface area contributed by atoms with Crippen molar-refractivity contribution in [3.8, 4) is 0 Å². The summed E-state index contributed by atoms with van der Waals surface area (Å²) in [4.78, 5) is 13.6. The molecular formula is C12H17ClN4O. The highest BCUT2D eigenvalue weighted by molar-refractivity contribution is 6.33. The van der Waals surface area contributed by atoms with Crippen molar-refractivity contribution >= 4 is 17.3 Å². The normalized spacial score (nSPS) is 31.4. The zero-order valence-corrected chi connectivity index (χ0v) is 10.9. The highest BCUT2D eigenvalue weighted by atomic mass is 35.5. The number of anilines is 1. The molecule has 3 rings (SSSR count). The van der Waals surface area contributed by atoms with Crippen molar-refractivity contribution in [1.82, 2.24) is 10.2 Å². The Morgan fingerprint density at radius 2 is 2.17 bits per heavy atom. The average molecular weight is 269 g/mol. The summed E-state index contributed by atoms with van der Waals surface area (Å²) in [5, 5.41) is 6.43. The van der Waals surface area contributed by atoms with Crippen molar-refractivity contribution in [2.75, 3.05) is 18.0 Å². The SMILES string of the molecule is NC1CC[C@@H]2CN(c3cn[nH]c(=O)c3Cl)C[C@@H]2C1. The molecule has 6 heteroatoms. The van der Waals surface area contributed by atoms with Gasteiger partial charge in [0.15, 0.2) is 0 Å². The van der Waals surface area contributed by atoms with E-state index >= 15 is 0 Å². The monoisotopic (exact) mass is 268 g/mol. The lowest BCUT2D eigenvalue weighted by Gasteiger charge is -2.27. The highest BCUT2D eigenvalue weighted by Gasteiger charge is 2.37. The Morgan fingerprint density at radius 1 is 1.39 bits per heavy atom. The first-order valence-electron chi connectivity index (χ1n) is 6.39. The molecule has 1 unspecified atom stereocenters. The Kier molecular flexibility index (Phi) is 3.03. The van der Waals surface area contributed by atoms with Crippen LogP contribution in [0.1, 0.15) is 19.3 Å². The maximum Gasteiger partial charge on any atom is 0.285 e. The van der Waals surface area contributed by atoms with Crippen molar-refractivity contribution in [3.05, 3.63) is 21.6 Å². The van der Waals surface area contributed by atoms with Gasteiger partial charge in [-0.25, -0.2) is 5.10 Å². The van der Waals surface area contributed by atoms with Crippen LogP contribution in [0.25, 0.3) is 0 Å². The van der Waals surface area contributed by atoms with E-state index in [0.717, 1.165) is 31.6 Å². The van der Waals surface area contributed by atoms with Gasteiger partial charge in [0.1, 0.15) is 5.02 Å². The Balaban J connectivity index is 1.83. The quantitative estimate of drug-likeness (QED) is 0.796. The molecule has 1 saturated heterocycles. The van der Waals surface area contributed by atoms with Crippen LogP contribution >= 0.6 is 11.6 Å². The molecule has 1 saturated carbocycles. The molecule has 0 amide bonds. The van der Waals surface area contributed by atoms with Gasteiger partial charge in [-0.3, -0.25) is 4.79 Å². The highest BCUT2D eigenvalue weighted by Crippen LogP contribution is 2.38. The van der Waals surface area contributed by atoms with Crippen molar-refractivity contribution in [2.45, 2.75) is 25.3 Å². The number of halogens is 1. The second-order valence-electron chi connectivity index (χ2n) is 5.40. The van der Waals surface area contributed by atoms with Gasteiger partial charge in [0.2, 0.25) is 0 Å². The Labute approximate surface area is 110 Å². The Morgan fingerprint density at radius 3 is 3.00 bits per heavy atom. The molecule has 2 fully saturated rings. The fourth-order valence-corrected chi connectivity index (χ4v) is 3.47. The maximum absolute atomic E-state index is 11.5. The number of nitrogens with zero attached hydrogens (tertiary/aromatic N) is 2. The van der Waals surface area contributed by atoms with Gasteiger partial charge >= 0.3 is 0 Å². The molecule has 1 aliphatic heterocycles. The van der Waals surface area contributed by atoms with E-state index in [1.54, 1.807) is 6.20 Å². The number of rotatable bonds is 1. The first-order chi connectivity index (χ1) is 8.65. The molecular weight excluding hydrogens is 252 g/mol. The van der Waals surface area contributed by atoms with E-state index < -0.39 is 0 Å². The number of nitrogens with one attached hydrogen (secondary N) is 1. The van der Waals surface area contributed by atoms with Crippen molar-refractivity contribution in [1.29, 1.82) is 0 Å². The number of hydrogen-bond donors (Lipinski definition) is 2. The van der Waals surface area contributed by atoms with Gasteiger partial charge in [0.25, 0.3) is 5.56 Å². The molecule has 1 aromatic rings. The molecule has 2 aliphatic rings. The minimum Gasteiger partial charge on any atom is -0.368 e. The van der Waals surface area contributed by atoms with E-state index in [-0.39, 0.29) is 10.6 Å². The third kappa shape index (κ3) is 2.01. The lowest BCUT2D eigenvalue weighted by Crippen LogP contribution is -2.32. The molecule has 3 atom stereocenters. The van der Waals surface area contributed by atoms with E-state index in [1.807, 2.05) is 0 Å².